The second kappa shape index (κ2) is 15.4. The smallest absolute Gasteiger partial charge is 0.408 e. The van der Waals surface area contributed by atoms with E-state index in [0.29, 0.717) is 24.9 Å². The van der Waals surface area contributed by atoms with Crippen LogP contribution in [0.5, 0.6) is 6.01 Å². The summed E-state index contributed by atoms with van der Waals surface area (Å²) in [5, 5.41) is 8.22. The average molecular weight is 788 g/mol. The van der Waals surface area contributed by atoms with Crippen LogP contribution in [-0.4, -0.2) is 82.8 Å². The Hall–Kier alpha value is -4.44. The number of likely N-dealkylation sites (tertiary alicyclic amines) is 1. The molecule has 2 aromatic rings. The molecule has 1 aliphatic heterocycles. The number of aromatic nitrogens is 2. The number of benzene rings is 1. The lowest BCUT2D eigenvalue weighted by Crippen LogP contribution is -2.59. The number of amides is 3. The molecule has 4 N–H and O–H groups in total. The quantitative estimate of drug-likeness (QED) is 0.149. The maximum Gasteiger partial charge on any atom is 0.408 e. The minimum Gasteiger partial charge on any atom is -0.458 e. The van der Waals surface area contributed by atoms with Gasteiger partial charge >= 0.3 is 12.1 Å². The molecule has 1 aromatic carbocycles. The largest absolute Gasteiger partial charge is 0.458 e. The first-order valence-electron chi connectivity index (χ1n) is 18.1. The van der Waals surface area contributed by atoms with Gasteiger partial charge in [0.05, 0.1) is 17.3 Å². The van der Waals surface area contributed by atoms with Crippen LogP contribution in [0.1, 0.15) is 72.1 Å². The number of carbonyl (C=O) groups is 3. The Kier molecular flexibility index (Phi) is 11.2. The van der Waals surface area contributed by atoms with Crippen LogP contribution in [0.25, 0.3) is 0 Å². The van der Waals surface area contributed by atoms with Crippen molar-refractivity contribution < 1.29 is 36.7 Å². The maximum absolute atomic E-state index is 14.5. The van der Waals surface area contributed by atoms with E-state index in [1.54, 1.807) is 32.9 Å². The molecule has 1 aromatic heterocycles. The highest BCUT2D eigenvalue weighted by molar-refractivity contribution is 7.90. The van der Waals surface area contributed by atoms with Crippen LogP contribution in [0.15, 0.2) is 55.3 Å². The van der Waals surface area contributed by atoms with E-state index in [2.05, 4.69) is 43.8 Å². The maximum atomic E-state index is 14.5. The summed E-state index contributed by atoms with van der Waals surface area (Å²) in [4.78, 5) is 51.8. The molecule has 4 fully saturated rings. The molecule has 2 heterocycles. The van der Waals surface area contributed by atoms with E-state index in [1.807, 2.05) is 0 Å². The Balaban J connectivity index is 1.25. The summed E-state index contributed by atoms with van der Waals surface area (Å²) in [5.41, 5.74) is -1.44. The van der Waals surface area contributed by atoms with Crippen molar-refractivity contribution in [2.75, 3.05) is 11.9 Å². The molecule has 54 heavy (non-hydrogen) atoms. The van der Waals surface area contributed by atoms with E-state index in [-0.39, 0.29) is 47.7 Å². The zero-order chi connectivity index (χ0) is 39.0. The molecule has 0 bridgehead atoms. The first-order valence-corrected chi connectivity index (χ1v) is 20.1. The number of anilines is 2. The molecule has 6 rings (SSSR count). The molecule has 17 heteroatoms. The van der Waals surface area contributed by atoms with Crippen molar-refractivity contribution in [2.24, 2.45) is 11.3 Å². The average Bonchev–Trinajstić information content (AvgIpc) is 3.96. The van der Waals surface area contributed by atoms with Gasteiger partial charge in [-0.25, -0.2) is 17.6 Å². The summed E-state index contributed by atoms with van der Waals surface area (Å²) in [6.07, 6.45) is 4.67. The SMILES string of the molecule is C=C[C@@H]1C[C@]1(NC(=O)[C@@H]1C[C@@H](Oc2nc(Cl)cc(Nc3cccc(F)c3)n2)CN1C(=O)[C@@H](NC(=O)OC1CCCC1)C(C)(C)C)C(=C)NS(=O)(=O)C1CC1. The lowest BCUT2D eigenvalue weighted by Gasteiger charge is -2.35. The number of halogens is 2. The van der Waals surface area contributed by atoms with Crippen molar-refractivity contribution in [2.45, 2.75) is 107 Å². The number of rotatable bonds is 14. The third-order valence-corrected chi connectivity index (χ3v) is 12.3. The van der Waals surface area contributed by atoms with Crippen LogP contribution in [0.3, 0.4) is 0 Å². The van der Waals surface area contributed by atoms with E-state index < -0.39 is 68.1 Å². The summed E-state index contributed by atoms with van der Waals surface area (Å²) >= 11 is 6.31. The van der Waals surface area contributed by atoms with Gasteiger partial charge in [-0.05, 0) is 68.6 Å². The van der Waals surface area contributed by atoms with Gasteiger partial charge in [0.15, 0.2) is 0 Å². The summed E-state index contributed by atoms with van der Waals surface area (Å²) < 4.78 is 53.9. The number of sulfonamides is 1. The lowest BCUT2D eigenvalue weighted by molar-refractivity contribution is -0.142. The molecule has 14 nitrogen and oxygen atoms in total. The van der Waals surface area contributed by atoms with E-state index in [9.17, 15) is 27.2 Å². The Morgan fingerprint density at radius 2 is 1.83 bits per heavy atom. The molecule has 1 saturated heterocycles. The van der Waals surface area contributed by atoms with Crippen LogP contribution in [0, 0.1) is 17.2 Å². The lowest BCUT2D eigenvalue weighted by atomic mass is 9.85. The second-order valence-electron chi connectivity index (χ2n) is 15.6. The van der Waals surface area contributed by atoms with Crippen LogP contribution in [-0.2, 0) is 24.3 Å². The molecule has 3 amide bonds. The first kappa shape index (κ1) is 39.3. The molecular weight excluding hydrogens is 741 g/mol. The highest BCUT2D eigenvalue weighted by Crippen LogP contribution is 2.49. The predicted molar refractivity (Wildman–Crippen MR) is 200 cm³/mol. The van der Waals surface area contributed by atoms with Crippen LogP contribution in [0.4, 0.5) is 20.7 Å². The Labute approximate surface area is 319 Å². The first-order chi connectivity index (χ1) is 25.5. The number of hydrogen-bond acceptors (Lipinski definition) is 10. The molecule has 0 spiro atoms. The minimum atomic E-state index is -3.68. The van der Waals surface area contributed by atoms with Crippen molar-refractivity contribution in [3.8, 4) is 6.01 Å². The highest BCUT2D eigenvalue weighted by Gasteiger charge is 2.58. The number of alkyl carbamates (subject to hydrolysis) is 1. The fraction of sp³-hybridized carbons (Fsp3) is 0.541. The van der Waals surface area contributed by atoms with Gasteiger partial charge in [0.25, 0.3) is 0 Å². The number of ether oxygens (including phenoxy) is 2. The topological polar surface area (TPSA) is 181 Å². The Morgan fingerprint density at radius 1 is 1.11 bits per heavy atom. The molecule has 0 unspecified atom stereocenters. The number of hydrogen-bond donors (Lipinski definition) is 4. The van der Waals surface area contributed by atoms with Gasteiger partial charge in [0.2, 0.25) is 21.8 Å². The van der Waals surface area contributed by atoms with E-state index in [0.717, 1.165) is 25.7 Å². The molecule has 5 atom stereocenters. The molecule has 4 aliphatic rings. The third kappa shape index (κ3) is 9.08. The van der Waals surface area contributed by atoms with Gasteiger partial charge in [-0.2, -0.15) is 9.97 Å². The molecule has 0 radical (unpaired) electrons. The molecule has 3 aliphatic carbocycles. The molecular formula is C37H47ClFN7O7S. The second-order valence-corrected chi connectivity index (χ2v) is 17.9. The number of carbonyl (C=O) groups excluding carboxylic acids is 3. The van der Waals surface area contributed by atoms with Crippen LogP contribution < -0.4 is 25.4 Å². The van der Waals surface area contributed by atoms with Gasteiger partial charge in [0.1, 0.15) is 41.1 Å². The van der Waals surface area contributed by atoms with Gasteiger partial charge < -0.3 is 30.3 Å². The van der Waals surface area contributed by atoms with Gasteiger partial charge in [-0.15, -0.1) is 6.58 Å². The van der Waals surface area contributed by atoms with Crippen LogP contribution >= 0.6 is 11.6 Å². The van der Waals surface area contributed by atoms with Gasteiger partial charge in [0, 0.05) is 29.8 Å². The van der Waals surface area contributed by atoms with Crippen molar-refractivity contribution >= 4 is 51.0 Å². The zero-order valence-electron chi connectivity index (χ0n) is 30.6. The summed E-state index contributed by atoms with van der Waals surface area (Å²) in [5.74, 6) is -1.68. The predicted octanol–water partition coefficient (Wildman–Crippen LogP) is 5.10. The summed E-state index contributed by atoms with van der Waals surface area (Å²) in [7, 11) is -3.68. The molecule has 292 valence electrons. The van der Waals surface area contributed by atoms with Crippen molar-refractivity contribution in [3.63, 3.8) is 0 Å². The van der Waals surface area contributed by atoms with Crippen molar-refractivity contribution in [1.82, 2.24) is 30.2 Å². The monoisotopic (exact) mass is 787 g/mol. The fourth-order valence-electron chi connectivity index (χ4n) is 7.04. The standard InChI is InChI=1S/C37H47ClFN7O7S/c1-6-22-19-37(22,21(2)45-54(50,51)27-14-15-27)44-32(47)28-17-26(52-34-41-29(38)18-30(42-34)40-24-11-9-10-23(39)16-24)20-46(28)33(48)31(36(3,4)5)43-35(49)53-25-12-7-8-13-25/h6,9-11,16,18,22,25-28,31,45H,1-2,7-8,12-15,17,19-20H2,3-5H3,(H,43,49)(H,44,47)(H,40,41,42)/t22-,26-,28+,31-,37+/m1/s1. The van der Waals surface area contributed by atoms with Crippen molar-refractivity contribution in [3.05, 3.63) is 66.2 Å². The van der Waals surface area contributed by atoms with E-state index >= 15 is 0 Å². The zero-order valence-corrected chi connectivity index (χ0v) is 32.1. The third-order valence-electron chi connectivity index (χ3n) is 10.3. The fourth-order valence-corrected chi connectivity index (χ4v) is 8.67. The minimum absolute atomic E-state index is 0.0153. The summed E-state index contributed by atoms with van der Waals surface area (Å²) in [6, 6.07) is 4.80. The van der Waals surface area contributed by atoms with E-state index in [1.165, 1.54) is 29.2 Å². The van der Waals surface area contributed by atoms with Crippen LogP contribution in [0.2, 0.25) is 5.15 Å². The number of nitrogens with one attached hydrogen (secondary N) is 4. The highest BCUT2D eigenvalue weighted by atomic mass is 35.5. The number of nitrogens with zero attached hydrogens (tertiary/aromatic N) is 3. The van der Waals surface area contributed by atoms with Gasteiger partial charge in [-0.1, -0.05) is 51.1 Å². The Morgan fingerprint density at radius 3 is 2.46 bits per heavy atom. The normalized spacial score (nSPS) is 24.6. The summed E-state index contributed by atoms with van der Waals surface area (Å²) in [6.45, 7) is 13.1. The van der Waals surface area contributed by atoms with Crippen molar-refractivity contribution in [1.29, 1.82) is 0 Å². The van der Waals surface area contributed by atoms with Gasteiger partial charge in [-0.3, -0.25) is 14.3 Å². The molecule has 3 saturated carbocycles. The van der Waals surface area contributed by atoms with E-state index in [4.69, 9.17) is 21.1 Å². The Bertz CT molecular complexity index is 1920.